The standard InChI is InChI=1S/C26H36N2O2/c1-18-6-4-8-20(14-18)28-12-10-27(11-13-28)17-22-21-15-23-19(2)7-5-9-26(23,3)16-24(21)30-25(22)29/h4,6,8,14-15,19,21-22,24H,5,7,9-13,16-17H2,1-3H3/t19-,21+,22+,24+,26+/m0/s1. The fourth-order valence-corrected chi connectivity index (χ4v) is 6.55. The summed E-state index contributed by atoms with van der Waals surface area (Å²) in [7, 11) is 0. The van der Waals surface area contributed by atoms with Gasteiger partial charge in [0.05, 0.1) is 5.92 Å². The van der Waals surface area contributed by atoms with Gasteiger partial charge in [-0.2, -0.15) is 0 Å². The molecule has 1 aromatic carbocycles. The van der Waals surface area contributed by atoms with Crippen LogP contribution in [0.1, 0.15) is 45.1 Å². The number of rotatable bonds is 3. The fraction of sp³-hybridized carbons (Fsp3) is 0.654. The van der Waals surface area contributed by atoms with Crippen molar-refractivity contribution in [1.29, 1.82) is 0 Å². The monoisotopic (exact) mass is 408 g/mol. The molecule has 4 aliphatic rings. The van der Waals surface area contributed by atoms with Gasteiger partial charge in [-0.15, -0.1) is 0 Å². The molecule has 2 heterocycles. The zero-order valence-corrected chi connectivity index (χ0v) is 18.8. The largest absolute Gasteiger partial charge is 0.461 e. The van der Waals surface area contributed by atoms with E-state index in [1.165, 1.54) is 30.5 Å². The lowest BCUT2D eigenvalue weighted by molar-refractivity contribution is -0.145. The molecule has 4 heteroatoms. The number of ether oxygens (including phenoxy) is 1. The van der Waals surface area contributed by atoms with Crippen LogP contribution in [0.4, 0.5) is 5.69 Å². The summed E-state index contributed by atoms with van der Waals surface area (Å²) in [5.74, 6) is 0.972. The van der Waals surface area contributed by atoms with E-state index in [4.69, 9.17) is 4.74 Å². The molecule has 0 N–H and O–H groups in total. The summed E-state index contributed by atoms with van der Waals surface area (Å²) < 4.78 is 5.95. The molecule has 0 aromatic heterocycles. The normalized spacial score (nSPS) is 36.7. The van der Waals surface area contributed by atoms with Crippen molar-refractivity contribution in [3.8, 4) is 0 Å². The molecule has 3 fully saturated rings. The number of carbonyl (C=O) groups is 1. The minimum Gasteiger partial charge on any atom is -0.461 e. The summed E-state index contributed by atoms with van der Waals surface area (Å²) >= 11 is 0. The molecule has 1 aromatic rings. The van der Waals surface area contributed by atoms with Crippen LogP contribution in [-0.4, -0.2) is 49.7 Å². The first-order valence-electron chi connectivity index (χ1n) is 11.9. The molecule has 5 atom stereocenters. The summed E-state index contributed by atoms with van der Waals surface area (Å²) in [5.41, 5.74) is 4.48. The van der Waals surface area contributed by atoms with Crippen molar-refractivity contribution in [2.75, 3.05) is 37.6 Å². The molecule has 162 valence electrons. The quantitative estimate of drug-likeness (QED) is 0.547. The van der Waals surface area contributed by atoms with Gasteiger partial charge in [0, 0.05) is 44.3 Å². The van der Waals surface area contributed by atoms with Gasteiger partial charge in [-0.1, -0.05) is 44.1 Å². The van der Waals surface area contributed by atoms with Crippen LogP contribution in [0.25, 0.3) is 0 Å². The Kier molecular flexibility index (Phi) is 5.17. The van der Waals surface area contributed by atoms with Gasteiger partial charge >= 0.3 is 5.97 Å². The van der Waals surface area contributed by atoms with E-state index in [1.807, 2.05) is 0 Å². The average Bonchev–Trinajstić information content (AvgIpc) is 3.01. The predicted octanol–water partition coefficient (Wildman–Crippen LogP) is 4.43. The van der Waals surface area contributed by atoms with Gasteiger partial charge in [0.15, 0.2) is 0 Å². The van der Waals surface area contributed by atoms with Crippen LogP contribution in [0.3, 0.4) is 0 Å². The second-order valence-corrected chi connectivity index (χ2v) is 10.5. The molecule has 0 spiro atoms. The Morgan fingerprint density at radius 2 is 2.00 bits per heavy atom. The van der Waals surface area contributed by atoms with Crippen molar-refractivity contribution in [3.63, 3.8) is 0 Å². The highest BCUT2D eigenvalue weighted by atomic mass is 16.6. The van der Waals surface area contributed by atoms with E-state index < -0.39 is 0 Å². The first kappa shape index (κ1) is 20.1. The van der Waals surface area contributed by atoms with Crippen molar-refractivity contribution in [1.82, 2.24) is 4.90 Å². The molecule has 0 amide bonds. The van der Waals surface area contributed by atoms with E-state index >= 15 is 0 Å². The van der Waals surface area contributed by atoms with Crippen molar-refractivity contribution in [2.24, 2.45) is 23.2 Å². The summed E-state index contributed by atoms with van der Waals surface area (Å²) in [4.78, 5) is 17.8. The van der Waals surface area contributed by atoms with Crippen molar-refractivity contribution >= 4 is 11.7 Å². The molecule has 2 saturated heterocycles. The number of fused-ring (bicyclic) bond motifs is 2. The third-order valence-electron chi connectivity index (χ3n) is 8.28. The van der Waals surface area contributed by atoms with Crippen LogP contribution in [0.15, 0.2) is 35.9 Å². The molecular formula is C26H36N2O2. The van der Waals surface area contributed by atoms with Crippen LogP contribution in [0.5, 0.6) is 0 Å². The van der Waals surface area contributed by atoms with Crippen LogP contribution in [0.2, 0.25) is 0 Å². The molecule has 30 heavy (non-hydrogen) atoms. The van der Waals surface area contributed by atoms with Gasteiger partial charge in [-0.3, -0.25) is 9.69 Å². The number of piperazine rings is 1. The average molecular weight is 409 g/mol. The second-order valence-electron chi connectivity index (χ2n) is 10.5. The van der Waals surface area contributed by atoms with Gasteiger partial charge in [0.2, 0.25) is 0 Å². The third kappa shape index (κ3) is 3.57. The number of carbonyl (C=O) groups excluding carboxylic acids is 1. The Hall–Kier alpha value is -1.81. The maximum atomic E-state index is 12.8. The second kappa shape index (κ2) is 7.71. The SMILES string of the molecule is Cc1cccc(N2CCN(C[C@H]3C(=O)O[C@@H]4C[C@@]5(C)CCC[C@H](C)C5=C[C@@H]43)CC2)c1. The summed E-state index contributed by atoms with van der Waals surface area (Å²) in [6, 6.07) is 8.77. The van der Waals surface area contributed by atoms with Crippen molar-refractivity contribution < 1.29 is 9.53 Å². The van der Waals surface area contributed by atoms with Crippen LogP contribution in [-0.2, 0) is 9.53 Å². The van der Waals surface area contributed by atoms with E-state index in [9.17, 15) is 4.79 Å². The summed E-state index contributed by atoms with van der Waals surface area (Å²) in [6.07, 6.45) is 7.44. The highest BCUT2D eigenvalue weighted by molar-refractivity contribution is 5.76. The Balaban J connectivity index is 1.26. The molecule has 2 aliphatic heterocycles. The zero-order chi connectivity index (χ0) is 20.9. The number of anilines is 1. The van der Waals surface area contributed by atoms with Gasteiger partial charge in [0.1, 0.15) is 6.10 Å². The molecule has 0 unspecified atom stereocenters. The Labute approximate surface area is 181 Å². The Morgan fingerprint density at radius 1 is 1.20 bits per heavy atom. The van der Waals surface area contributed by atoms with Crippen LogP contribution < -0.4 is 4.90 Å². The number of benzene rings is 1. The van der Waals surface area contributed by atoms with Crippen LogP contribution in [0, 0.1) is 30.1 Å². The molecule has 2 aliphatic carbocycles. The van der Waals surface area contributed by atoms with Gasteiger partial charge in [-0.05, 0) is 55.2 Å². The zero-order valence-electron chi connectivity index (χ0n) is 18.8. The van der Waals surface area contributed by atoms with E-state index in [0.29, 0.717) is 5.92 Å². The van der Waals surface area contributed by atoms with Crippen molar-refractivity contribution in [2.45, 2.75) is 52.6 Å². The van der Waals surface area contributed by atoms with Crippen LogP contribution >= 0.6 is 0 Å². The molecule has 5 rings (SSSR count). The van der Waals surface area contributed by atoms with E-state index in [1.54, 1.807) is 5.57 Å². The van der Waals surface area contributed by atoms with Crippen molar-refractivity contribution in [3.05, 3.63) is 41.5 Å². The first-order valence-corrected chi connectivity index (χ1v) is 11.9. The van der Waals surface area contributed by atoms with Gasteiger partial charge in [0.25, 0.3) is 0 Å². The highest BCUT2D eigenvalue weighted by Gasteiger charge is 2.52. The number of allylic oxidation sites excluding steroid dienone is 1. The molecule has 4 nitrogen and oxygen atoms in total. The smallest absolute Gasteiger partial charge is 0.311 e. The lowest BCUT2D eigenvalue weighted by atomic mass is 9.59. The van der Waals surface area contributed by atoms with E-state index in [2.05, 4.69) is 60.9 Å². The number of aryl methyl sites for hydroxylation is 1. The number of nitrogens with zero attached hydrogens (tertiary/aromatic N) is 2. The summed E-state index contributed by atoms with van der Waals surface area (Å²) in [5, 5.41) is 0. The molecular weight excluding hydrogens is 372 g/mol. The predicted molar refractivity (Wildman–Crippen MR) is 121 cm³/mol. The topological polar surface area (TPSA) is 32.8 Å². The van der Waals surface area contributed by atoms with E-state index in [0.717, 1.165) is 39.1 Å². The lowest BCUT2D eigenvalue weighted by Crippen LogP contribution is -2.49. The third-order valence-corrected chi connectivity index (χ3v) is 8.28. The minimum atomic E-state index is 0.00620. The highest BCUT2D eigenvalue weighted by Crippen LogP contribution is 2.54. The fourth-order valence-electron chi connectivity index (χ4n) is 6.55. The first-order chi connectivity index (χ1) is 14.4. The molecule has 0 radical (unpaired) electrons. The summed E-state index contributed by atoms with van der Waals surface area (Å²) in [6.45, 7) is 11.8. The Morgan fingerprint density at radius 3 is 2.77 bits per heavy atom. The number of hydrogen-bond donors (Lipinski definition) is 0. The molecule has 0 bridgehead atoms. The number of esters is 1. The number of hydrogen-bond acceptors (Lipinski definition) is 4. The maximum Gasteiger partial charge on any atom is 0.311 e. The Bertz CT molecular complexity index is 841. The van der Waals surface area contributed by atoms with E-state index in [-0.39, 0.29) is 29.3 Å². The lowest BCUT2D eigenvalue weighted by Gasteiger charge is -2.46. The van der Waals surface area contributed by atoms with Gasteiger partial charge < -0.3 is 9.64 Å². The molecule has 1 saturated carbocycles. The minimum absolute atomic E-state index is 0.00620. The van der Waals surface area contributed by atoms with Gasteiger partial charge in [-0.25, -0.2) is 0 Å². The maximum absolute atomic E-state index is 12.8.